The second-order valence-electron chi connectivity index (χ2n) is 5.07. The molecule has 100 valence electrons. The van der Waals surface area contributed by atoms with Gasteiger partial charge in [-0.25, -0.2) is 0 Å². The van der Waals surface area contributed by atoms with Crippen LogP contribution in [0.5, 0.6) is 11.5 Å². The van der Waals surface area contributed by atoms with Crippen LogP contribution in [0.2, 0.25) is 0 Å². The van der Waals surface area contributed by atoms with E-state index in [-0.39, 0.29) is 5.75 Å². The second-order valence-corrected chi connectivity index (χ2v) is 5.07. The molecule has 0 unspecified atom stereocenters. The van der Waals surface area contributed by atoms with Crippen LogP contribution in [0.4, 0.5) is 5.69 Å². The van der Waals surface area contributed by atoms with Crippen LogP contribution < -0.4 is 10.1 Å². The molecule has 1 aliphatic rings. The first kappa shape index (κ1) is 13.1. The summed E-state index contributed by atoms with van der Waals surface area (Å²) in [6.07, 6.45) is 9.16. The molecule has 0 saturated heterocycles. The number of aromatic hydroxyl groups is 1. The molecule has 2 N–H and O–H groups in total. The number of hydrogen-bond acceptors (Lipinski definition) is 3. The van der Waals surface area contributed by atoms with Gasteiger partial charge in [0.2, 0.25) is 0 Å². The first-order chi connectivity index (χ1) is 8.79. The number of ether oxygens (including phenoxy) is 1. The van der Waals surface area contributed by atoms with Gasteiger partial charge in [0.15, 0.2) is 11.5 Å². The molecule has 0 heterocycles. The number of rotatable bonds is 3. The fourth-order valence-electron chi connectivity index (χ4n) is 2.62. The summed E-state index contributed by atoms with van der Waals surface area (Å²) in [4.78, 5) is 0. The quantitative estimate of drug-likeness (QED) is 0.853. The molecular formula is C15H23NO2. The van der Waals surface area contributed by atoms with Gasteiger partial charge in [0.05, 0.1) is 7.11 Å². The smallest absolute Gasteiger partial charge is 0.160 e. The third-order valence-corrected chi connectivity index (χ3v) is 3.65. The van der Waals surface area contributed by atoms with Gasteiger partial charge in [0.1, 0.15) is 0 Å². The van der Waals surface area contributed by atoms with Crippen LogP contribution in [-0.2, 0) is 0 Å². The molecule has 1 aromatic carbocycles. The highest BCUT2D eigenvalue weighted by atomic mass is 16.5. The molecule has 1 aromatic rings. The van der Waals surface area contributed by atoms with Gasteiger partial charge in [-0.05, 0) is 25.0 Å². The summed E-state index contributed by atoms with van der Waals surface area (Å²) in [5.41, 5.74) is 0.985. The maximum absolute atomic E-state index is 9.76. The molecule has 3 nitrogen and oxygen atoms in total. The van der Waals surface area contributed by atoms with Crippen LogP contribution in [0.1, 0.15) is 44.9 Å². The Hall–Kier alpha value is -1.38. The lowest BCUT2D eigenvalue weighted by atomic mass is 9.96. The number of phenolic OH excluding ortho intramolecular Hbond substituents is 1. The summed E-state index contributed by atoms with van der Waals surface area (Å²) in [6.45, 7) is 0. The van der Waals surface area contributed by atoms with Crippen LogP contribution >= 0.6 is 0 Å². The van der Waals surface area contributed by atoms with E-state index in [0.717, 1.165) is 5.69 Å². The Morgan fingerprint density at radius 1 is 1.11 bits per heavy atom. The van der Waals surface area contributed by atoms with E-state index in [2.05, 4.69) is 5.32 Å². The first-order valence-corrected chi connectivity index (χ1v) is 6.93. The summed E-state index contributed by atoms with van der Waals surface area (Å²) in [5, 5.41) is 13.3. The van der Waals surface area contributed by atoms with E-state index >= 15 is 0 Å². The van der Waals surface area contributed by atoms with Gasteiger partial charge in [-0.3, -0.25) is 0 Å². The molecule has 0 amide bonds. The molecule has 1 aliphatic carbocycles. The van der Waals surface area contributed by atoms with Gasteiger partial charge in [0.25, 0.3) is 0 Å². The maximum Gasteiger partial charge on any atom is 0.160 e. The highest BCUT2D eigenvalue weighted by molar-refractivity contribution is 5.54. The van der Waals surface area contributed by atoms with E-state index in [0.29, 0.717) is 11.8 Å². The first-order valence-electron chi connectivity index (χ1n) is 6.93. The van der Waals surface area contributed by atoms with Crippen molar-refractivity contribution in [2.24, 2.45) is 0 Å². The maximum atomic E-state index is 9.76. The Morgan fingerprint density at radius 3 is 2.39 bits per heavy atom. The average molecular weight is 249 g/mol. The Labute approximate surface area is 109 Å². The number of nitrogens with one attached hydrogen (secondary N) is 1. The van der Waals surface area contributed by atoms with Gasteiger partial charge in [-0.2, -0.15) is 0 Å². The summed E-state index contributed by atoms with van der Waals surface area (Å²) < 4.78 is 5.05. The predicted molar refractivity (Wildman–Crippen MR) is 74.4 cm³/mol. The van der Waals surface area contributed by atoms with E-state index < -0.39 is 0 Å². The fraction of sp³-hybridized carbons (Fsp3) is 0.600. The lowest BCUT2D eigenvalue weighted by Gasteiger charge is -2.22. The van der Waals surface area contributed by atoms with Crippen molar-refractivity contribution in [2.45, 2.75) is 51.0 Å². The van der Waals surface area contributed by atoms with Crippen LogP contribution in [-0.4, -0.2) is 18.3 Å². The molecule has 3 heteroatoms. The third kappa shape index (κ3) is 3.56. The fourth-order valence-corrected chi connectivity index (χ4v) is 2.62. The van der Waals surface area contributed by atoms with Gasteiger partial charge < -0.3 is 15.2 Å². The van der Waals surface area contributed by atoms with Gasteiger partial charge in [0, 0.05) is 17.8 Å². The molecule has 0 radical (unpaired) electrons. The highest BCUT2D eigenvalue weighted by Crippen LogP contribution is 2.30. The lowest BCUT2D eigenvalue weighted by molar-refractivity contribution is 0.373. The molecule has 18 heavy (non-hydrogen) atoms. The van der Waals surface area contributed by atoms with Crippen LogP contribution in [0.25, 0.3) is 0 Å². The van der Waals surface area contributed by atoms with Crippen LogP contribution in [0.3, 0.4) is 0 Å². The average Bonchev–Trinajstić information content (AvgIpc) is 2.33. The van der Waals surface area contributed by atoms with Crippen molar-refractivity contribution in [3.05, 3.63) is 18.2 Å². The minimum Gasteiger partial charge on any atom is -0.504 e. The van der Waals surface area contributed by atoms with Gasteiger partial charge >= 0.3 is 0 Å². The van der Waals surface area contributed by atoms with Crippen molar-refractivity contribution in [2.75, 3.05) is 12.4 Å². The minimum atomic E-state index is 0.202. The number of methoxy groups -OCH3 is 1. The van der Waals surface area contributed by atoms with Gasteiger partial charge in [-0.1, -0.05) is 32.1 Å². The SMILES string of the molecule is COc1ccc(NC2CCCCCCC2)cc1O. The summed E-state index contributed by atoms with van der Waals surface area (Å²) in [7, 11) is 1.57. The van der Waals surface area contributed by atoms with Gasteiger partial charge in [-0.15, -0.1) is 0 Å². The summed E-state index contributed by atoms with van der Waals surface area (Å²) in [5.74, 6) is 0.728. The van der Waals surface area contributed by atoms with Crippen molar-refractivity contribution in [1.82, 2.24) is 0 Å². The Balaban J connectivity index is 1.96. The van der Waals surface area contributed by atoms with E-state index in [4.69, 9.17) is 4.74 Å². The predicted octanol–water partition coefficient (Wildman–Crippen LogP) is 3.93. The molecule has 1 saturated carbocycles. The molecule has 0 atom stereocenters. The molecule has 1 fully saturated rings. The number of anilines is 1. The molecule has 0 spiro atoms. The minimum absolute atomic E-state index is 0.202. The number of hydrogen-bond donors (Lipinski definition) is 2. The third-order valence-electron chi connectivity index (χ3n) is 3.65. The molecule has 2 rings (SSSR count). The lowest BCUT2D eigenvalue weighted by Crippen LogP contribution is -2.20. The van der Waals surface area contributed by atoms with Crippen molar-refractivity contribution < 1.29 is 9.84 Å². The van der Waals surface area contributed by atoms with E-state index in [9.17, 15) is 5.11 Å². The normalized spacial score (nSPS) is 17.8. The van der Waals surface area contributed by atoms with E-state index in [1.165, 1.54) is 44.9 Å². The number of phenols is 1. The molecular weight excluding hydrogens is 226 g/mol. The highest BCUT2D eigenvalue weighted by Gasteiger charge is 2.12. The zero-order chi connectivity index (χ0) is 12.8. The monoisotopic (exact) mass is 249 g/mol. The topological polar surface area (TPSA) is 41.5 Å². The summed E-state index contributed by atoms with van der Waals surface area (Å²) in [6, 6.07) is 6.06. The molecule has 0 aliphatic heterocycles. The largest absolute Gasteiger partial charge is 0.504 e. The van der Waals surface area contributed by atoms with E-state index in [1.807, 2.05) is 6.07 Å². The molecule has 0 aromatic heterocycles. The summed E-state index contributed by atoms with van der Waals surface area (Å²) >= 11 is 0. The van der Waals surface area contributed by atoms with E-state index in [1.54, 1.807) is 19.2 Å². The Bertz CT molecular complexity index is 371. The Morgan fingerprint density at radius 2 is 1.78 bits per heavy atom. The van der Waals surface area contributed by atoms with Crippen LogP contribution in [0.15, 0.2) is 18.2 Å². The van der Waals surface area contributed by atoms with Crippen molar-refractivity contribution >= 4 is 5.69 Å². The molecule has 0 bridgehead atoms. The van der Waals surface area contributed by atoms with Crippen molar-refractivity contribution in [3.63, 3.8) is 0 Å². The van der Waals surface area contributed by atoms with Crippen molar-refractivity contribution in [3.8, 4) is 11.5 Å². The van der Waals surface area contributed by atoms with Crippen LogP contribution in [0, 0.1) is 0 Å². The number of benzene rings is 1. The Kier molecular flexibility index (Phi) is 4.73. The standard InChI is InChI=1S/C15H23NO2/c1-18-15-10-9-13(11-14(15)17)16-12-7-5-3-2-4-6-8-12/h9-12,16-17H,2-8H2,1H3. The zero-order valence-corrected chi connectivity index (χ0v) is 11.1. The second kappa shape index (κ2) is 6.53. The van der Waals surface area contributed by atoms with Crippen molar-refractivity contribution in [1.29, 1.82) is 0 Å². The zero-order valence-electron chi connectivity index (χ0n) is 11.1.